The zero-order valence-electron chi connectivity index (χ0n) is 16.6. The number of nitrogens with zero attached hydrogens (tertiary/aromatic N) is 1. The zero-order chi connectivity index (χ0) is 21.6. The molecule has 0 fully saturated rings. The van der Waals surface area contributed by atoms with Crippen LogP contribution < -0.4 is 4.74 Å². The van der Waals surface area contributed by atoms with Crippen molar-refractivity contribution in [3.05, 3.63) is 96.6 Å². The van der Waals surface area contributed by atoms with Crippen LogP contribution in [-0.4, -0.2) is 11.7 Å². The van der Waals surface area contributed by atoms with Crippen LogP contribution in [0.1, 0.15) is 5.56 Å². The minimum absolute atomic E-state index is 0.167. The number of rotatable bonds is 3. The van der Waals surface area contributed by atoms with Crippen LogP contribution in [0.4, 0.5) is 13.2 Å². The van der Waals surface area contributed by atoms with Crippen LogP contribution in [0.3, 0.4) is 0 Å². The molecule has 31 heavy (non-hydrogen) atoms. The SMILES string of the molecule is COc1cc(C(F)(F)F)cc(-c2ccccc2)c1-n1c2ccccc2c2ccccc21. The summed E-state index contributed by atoms with van der Waals surface area (Å²) in [6.45, 7) is 0. The Balaban J connectivity index is 1.97. The van der Waals surface area contributed by atoms with Crippen LogP contribution in [0.25, 0.3) is 38.6 Å². The topological polar surface area (TPSA) is 14.2 Å². The van der Waals surface area contributed by atoms with E-state index in [9.17, 15) is 13.2 Å². The quantitative estimate of drug-likeness (QED) is 0.297. The first kappa shape index (κ1) is 19.2. The first-order valence-corrected chi connectivity index (χ1v) is 9.82. The van der Waals surface area contributed by atoms with Crippen molar-refractivity contribution in [2.24, 2.45) is 0 Å². The van der Waals surface area contributed by atoms with Gasteiger partial charge in [0.2, 0.25) is 0 Å². The van der Waals surface area contributed by atoms with E-state index in [0.717, 1.165) is 27.9 Å². The van der Waals surface area contributed by atoms with Crippen molar-refractivity contribution in [2.75, 3.05) is 7.11 Å². The number of benzene rings is 4. The predicted molar refractivity (Wildman–Crippen MR) is 118 cm³/mol. The van der Waals surface area contributed by atoms with Gasteiger partial charge in [-0.3, -0.25) is 0 Å². The largest absolute Gasteiger partial charge is 0.495 e. The van der Waals surface area contributed by atoms with Gasteiger partial charge in [0.25, 0.3) is 0 Å². The smallest absolute Gasteiger partial charge is 0.416 e. The molecule has 0 atom stereocenters. The number of fused-ring (bicyclic) bond motifs is 3. The predicted octanol–water partition coefficient (Wildman–Crippen LogP) is 7.48. The molecular weight excluding hydrogens is 399 g/mol. The summed E-state index contributed by atoms with van der Waals surface area (Å²) in [4.78, 5) is 0. The lowest BCUT2D eigenvalue weighted by atomic mass is 9.99. The van der Waals surface area contributed by atoms with E-state index in [0.29, 0.717) is 16.8 Å². The van der Waals surface area contributed by atoms with Crippen molar-refractivity contribution in [1.82, 2.24) is 4.57 Å². The summed E-state index contributed by atoms with van der Waals surface area (Å²) in [6, 6.07) is 27.1. The Labute approximate surface area is 177 Å². The molecule has 1 heterocycles. The minimum Gasteiger partial charge on any atom is -0.495 e. The fourth-order valence-corrected chi connectivity index (χ4v) is 4.16. The van der Waals surface area contributed by atoms with Gasteiger partial charge in [0.1, 0.15) is 5.75 Å². The van der Waals surface area contributed by atoms with Gasteiger partial charge in [-0.1, -0.05) is 66.7 Å². The summed E-state index contributed by atoms with van der Waals surface area (Å²) in [5.41, 5.74) is 2.78. The summed E-state index contributed by atoms with van der Waals surface area (Å²) in [5.74, 6) is 0.167. The van der Waals surface area contributed by atoms with E-state index in [-0.39, 0.29) is 5.75 Å². The second-order valence-electron chi connectivity index (χ2n) is 7.31. The van der Waals surface area contributed by atoms with Gasteiger partial charge in [-0.2, -0.15) is 13.2 Å². The van der Waals surface area contributed by atoms with E-state index in [4.69, 9.17) is 4.74 Å². The van der Waals surface area contributed by atoms with Gasteiger partial charge >= 0.3 is 6.18 Å². The lowest BCUT2D eigenvalue weighted by Gasteiger charge is -2.20. The minimum atomic E-state index is -4.49. The highest BCUT2D eigenvalue weighted by Gasteiger charge is 2.33. The van der Waals surface area contributed by atoms with E-state index in [1.807, 2.05) is 83.4 Å². The van der Waals surface area contributed by atoms with Crippen molar-refractivity contribution in [2.45, 2.75) is 6.18 Å². The third-order valence-corrected chi connectivity index (χ3v) is 5.51. The molecular formula is C26H18F3NO. The van der Waals surface area contributed by atoms with Crippen LogP contribution in [-0.2, 0) is 6.18 Å². The highest BCUT2D eigenvalue weighted by atomic mass is 19.4. The van der Waals surface area contributed by atoms with Gasteiger partial charge < -0.3 is 9.30 Å². The standard InChI is InChI=1S/C26H18F3NO/c1-31-24-16-18(26(27,28)29)15-21(17-9-3-2-4-10-17)25(24)30-22-13-7-5-11-19(22)20-12-6-8-14-23(20)30/h2-16H,1H3. The molecule has 1 aromatic heterocycles. The Hall–Kier alpha value is -3.73. The number of hydrogen-bond donors (Lipinski definition) is 0. The molecule has 0 bridgehead atoms. The van der Waals surface area contributed by atoms with Crippen molar-refractivity contribution < 1.29 is 17.9 Å². The van der Waals surface area contributed by atoms with E-state index in [1.54, 1.807) is 0 Å². The molecule has 0 aliphatic heterocycles. The molecule has 0 saturated heterocycles. The van der Waals surface area contributed by atoms with Gasteiger partial charge in [-0.25, -0.2) is 0 Å². The lowest BCUT2D eigenvalue weighted by molar-refractivity contribution is -0.137. The first-order chi connectivity index (χ1) is 15.0. The molecule has 0 radical (unpaired) electrons. The van der Waals surface area contributed by atoms with Gasteiger partial charge in [0.05, 0.1) is 29.4 Å². The highest BCUT2D eigenvalue weighted by Crippen LogP contribution is 2.44. The average molecular weight is 417 g/mol. The Morgan fingerprint density at radius 1 is 0.710 bits per heavy atom. The number of halogens is 3. The van der Waals surface area contributed by atoms with Crippen LogP contribution in [0.5, 0.6) is 5.75 Å². The monoisotopic (exact) mass is 417 g/mol. The molecule has 5 rings (SSSR count). The number of aromatic nitrogens is 1. The van der Waals surface area contributed by atoms with E-state index < -0.39 is 11.7 Å². The molecule has 5 aromatic rings. The maximum Gasteiger partial charge on any atom is 0.416 e. The first-order valence-electron chi connectivity index (χ1n) is 9.82. The Bertz CT molecular complexity index is 1350. The average Bonchev–Trinajstić information content (AvgIpc) is 3.12. The number of alkyl halides is 3. The van der Waals surface area contributed by atoms with Gasteiger partial charge in [0, 0.05) is 16.3 Å². The second-order valence-corrected chi connectivity index (χ2v) is 7.31. The van der Waals surface area contributed by atoms with Crippen LogP contribution in [0.15, 0.2) is 91.0 Å². The molecule has 0 aliphatic carbocycles. The van der Waals surface area contributed by atoms with Crippen LogP contribution in [0, 0.1) is 0 Å². The van der Waals surface area contributed by atoms with Crippen molar-refractivity contribution >= 4 is 21.8 Å². The third kappa shape index (κ3) is 3.13. The highest BCUT2D eigenvalue weighted by molar-refractivity contribution is 6.10. The molecule has 0 aliphatic rings. The summed E-state index contributed by atoms with van der Waals surface area (Å²) in [5, 5.41) is 2.05. The second kappa shape index (κ2) is 7.20. The van der Waals surface area contributed by atoms with Gasteiger partial charge in [-0.05, 0) is 29.8 Å². The summed E-state index contributed by atoms with van der Waals surface area (Å²) < 4.78 is 48.7. The molecule has 0 saturated carbocycles. The molecule has 2 nitrogen and oxygen atoms in total. The van der Waals surface area contributed by atoms with E-state index in [2.05, 4.69) is 0 Å². The zero-order valence-corrected chi connectivity index (χ0v) is 16.6. The number of ether oxygens (including phenoxy) is 1. The number of para-hydroxylation sites is 2. The maximum atomic E-state index is 13.7. The molecule has 4 aromatic carbocycles. The van der Waals surface area contributed by atoms with Crippen LogP contribution in [0.2, 0.25) is 0 Å². The van der Waals surface area contributed by atoms with Crippen molar-refractivity contribution in [3.63, 3.8) is 0 Å². The summed E-state index contributed by atoms with van der Waals surface area (Å²) in [7, 11) is 1.40. The molecule has 0 amide bonds. The fourth-order valence-electron chi connectivity index (χ4n) is 4.16. The Kier molecular flexibility index (Phi) is 4.47. The van der Waals surface area contributed by atoms with Gasteiger partial charge in [0.15, 0.2) is 0 Å². The lowest BCUT2D eigenvalue weighted by Crippen LogP contribution is -2.09. The molecule has 5 heteroatoms. The van der Waals surface area contributed by atoms with E-state index in [1.165, 1.54) is 13.2 Å². The Morgan fingerprint density at radius 2 is 1.26 bits per heavy atom. The fraction of sp³-hybridized carbons (Fsp3) is 0.0769. The number of methoxy groups -OCH3 is 1. The molecule has 154 valence electrons. The summed E-state index contributed by atoms with van der Waals surface area (Å²) >= 11 is 0. The van der Waals surface area contributed by atoms with Crippen molar-refractivity contribution in [3.8, 4) is 22.6 Å². The van der Waals surface area contributed by atoms with Crippen LogP contribution >= 0.6 is 0 Å². The molecule has 0 unspecified atom stereocenters. The third-order valence-electron chi connectivity index (χ3n) is 5.51. The molecule has 0 N–H and O–H groups in total. The van der Waals surface area contributed by atoms with Crippen molar-refractivity contribution in [1.29, 1.82) is 0 Å². The van der Waals surface area contributed by atoms with E-state index >= 15 is 0 Å². The maximum absolute atomic E-state index is 13.7. The van der Waals surface area contributed by atoms with Gasteiger partial charge in [-0.15, -0.1) is 0 Å². The number of hydrogen-bond acceptors (Lipinski definition) is 1. The normalized spacial score (nSPS) is 11.9. The summed E-state index contributed by atoms with van der Waals surface area (Å²) in [6.07, 6.45) is -4.49. The Morgan fingerprint density at radius 3 is 1.81 bits per heavy atom. The molecule has 0 spiro atoms.